The number of nitrogens with one attached hydrogen (secondary N) is 1. The van der Waals surface area contributed by atoms with Gasteiger partial charge in [0.2, 0.25) is 0 Å². The molecule has 7 nitrogen and oxygen atoms in total. The monoisotopic (exact) mass is 355 g/mol. The van der Waals surface area contributed by atoms with Crippen LogP contribution in [0.1, 0.15) is 23.3 Å². The maximum absolute atomic E-state index is 12.7. The van der Waals surface area contributed by atoms with Crippen LogP contribution in [0.5, 0.6) is 0 Å². The number of carbonyl (C=O) groups is 1. The van der Waals surface area contributed by atoms with E-state index in [1.54, 1.807) is 0 Å². The summed E-state index contributed by atoms with van der Waals surface area (Å²) in [5, 5.41) is 13.5. The van der Waals surface area contributed by atoms with E-state index >= 15 is 0 Å². The molecule has 0 bridgehead atoms. The molecule has 0 atom stereocenters. The summed E-state index contributed by atoms with van der Waals surface area (Å²) in [6, 6.07) is 7.93. The van der Waals surface area contributed by atoms with Crippen molar-refractivity contribution in [3.63, 3.8) is 0 Å². The molecule has 7 heteroatoms. The maximum Gasteiger partial charge on any atom is 0.272 e. The van der Waals surface area contributed by atoms with Crippen LogP contribution in [-0.2, 0) is 4.74 Å². The van der Waals surface area contributed by atoms with E-state index in [9.17, 15) is 4.79 Å². The van der Waals surface area contributed by atoms with Gasteiger partial charge in [-0.05, 0) is 12.8 Å². The third-order valence-electron chi connectivity index (χ3n) is 5.11. The van der Waals surface area contributed by atoms with E-state index in [-0.39, 0.29) is 5.91 Å². The van der Waals surface area contributed by atoms with Gasteiger partial charge in [-0.3, -0.25) is 9.69 Å². The maximum atomic E-state index is 12.7. The Bertz CT molecular complexity index is 770. The molecule has 1 aromatic carbocycles. The summed E-state index contributed by atoms with van der Waals surface area (Å²) >= 11 is 0. The second-order valence-corrected chi connectivity index (χ2v) is 6.82. The summed E-state index contributed by atoms with van der Waals surface area (Å²) < 4.78 is 5.35. The summed E-state index contributed by atoms with van der Waals surface area (Å²) in [4.78, 5) is 17.2. The summed E-state index contributed by atoms with van der Waals surface area (Å²) in [6.07, 6.45) is 2.36. The van der Waals surface area contributed by atoms with E-state index in [1.807, 2.05) is 24.3 Å². The van der Waals surface area contributed by atoms with E-state index in [0.29, 0.717) is 12.2 Å². The van der Waals surface area contributed by atoms with Gasteiger partial charge < -0.3 is 15.0 Å². The third-order valence-corrected chi connectivity index (χ3v) is 5.11. The van der Waals surface area contributed by atoms with Gasteiger partial charge in [-0.25, -0.2) is 0 Å². The highest BCUT2D eigenvalue weighted by atomic mass is 16.5. The van der Waals surface area contributed by atoms with Crippen LogP contribution in [0.15, 0.2) is 24.3 Å². The van der Waals surface area contributed by atoms with Crippen molar-refractivity contribution in [1.29, 1.82) is 0 Å². The number of hydrogen-bond acceptors (Lipinski definition) is 6. The van der Waals surface area contributed by atoms with Gasteiger partial charge in [-0.15, -0.1) is 10.2 Å². The van der Waals surface area contributed by atoms with E-state index in [4.69, 9.17) is 4.74 Å². The molecule has 1 aromatic heterocycles. The summed E-state index contributed by atoms with van der Waals surface area (Å²) in [5.41, 5.74) is 0.408. The highest BCUT2D eigenvalue weighted by Crippen LogP contribution is 2.28. The molecule has 26 heavy (non-hydrogen) atoms. The molecule has 2 fully saturated rings. The number of carbonyl (C=O) groups excluding carboxylic acids is 1. The normalized spacial score (nSPS) is 18.4. The first-order chi connectivity index (χ1) is 12.8. The number of rotatable bonds is 5. The topological polar surface area (TPSA) is 70.6 Å². The second kappa shape index (κ2) is 7.97. The van der Waals surface area contributed by atoms with E-state index < -0.39 is 0 Å². The van der Waals surface area contributed by atoms with Gasteiger partial charge >= 0.3 is 0 Å². The molecule has 0 aliphatic carbocycles. The average Bonchev–Trinajstić information content (AvgIpc) is 3.22. The predicted octanol–water partition coefficient (Wildman–Crippen LogP) is 1.29. The summed E-state index contributed by atoms with van der Waals surface area (Å²) in [7, 11) is 0. The summed E-state index contributed by atoms with van der Waals surface area (Å²) in [5.74, 6) is 0.734. The molecule has 4 rings (SSSR count). The molecular formula is C19H25N5O2. The molecular weight excluding hydrogens is 330 g/mol. The third kappa shape index (κ3) is 3.64. The minimum absolute atomic E-state index is 0.157. The van der Waals surface area contributed by atoms with E-state index in [0.717, 1.165) is 62.5 Å². The Hall–Kier alpha value is -2.25. The highest BCUT2D eigenvalue weighted by molar-refractivity contribution is 6.07. The van der Waals surface area contributed by atoms with Gasteiger partial charge in [0.15, 0.2) is 11.5 Å². The van der Waals surface area contributed by atoms with Crippen molar-refractivity contribution in [2.45, 2.75) is 12.8 Å². The lowest BCUT2D eigenvalue weighted by Crippen LogP contribution is -2.41. The average molecular weight is 355 g/mol. The molecule has 0 saturated carbocycles. The van der Waals surface area contributed by atoms with Gasteiger partial charge in [0.25, 0.3) is 5.91 Å². The lowest BCUT2D eigenvalue weighted by Gasteiger charge is -2.26. The zero-order valence-electron chi connectivity index (χ0n) is 15.0. The molecule has 138 valence electrons. The van der Waals surface area contributed by atoms with Crippen molar-refractivity contribution < 1.29 is 9.53 Å². The van der Waals surface area contributed by atoms with Gasteiger partial charge in [0.1, 0.15) is 0 Å². The molecule has 0 spiro atoms. The first-order valence-electron chi connectivity index (χ1n) is 9.41. The van der Waals surface area contributed by atoms with Crippen molar-refractivity contribution in [2.24, 2.45) is 0 Å². The van der Waals surface area contributed by atoms with Gasteiger partial charge in [-0.2, -0.15) is 0 Å². The quantitative estimate of drug-likeness (QED) is 0.872. The molecule has 2 saturated heterocycles. The van der Waals surface area contributed by atoms with E-state index in [2.05, 4.69) is 25.3 Å². The minimum atomic E-state index is -0.157. The zero-order valence-corrected chi connectivity index (χ0v) is 15.0. The van der Waals surface area contributed by atoms with Gasteiger partial charge in [-0.1, -0.05) is 24.3 Å². The Morgan fingerprint density at radius 1 is 1.04 bits per heavy atom. The first kappa shape index (κ1) is 17.2. The molecule has 3 heterocycles. The predicted molar refractivity (Wildman–Crippen MR) is 101 cm³/mol. The molecule has 1 N–H and O–H groups in total. The molecule has 0 radical (unpaired) electrons. The van der Waals surface area contributed by atoms with Crippen molar-refractivity contribution >= 4 is 22.5 Å². The van der Waals surface area contributed by atoms with Gasteiger partial charge in [0.05, 0.1) is 13.2 Å². The van der Waals surface area contributed by atoms with Crippen LogP contribution in [-0.4, -0.2) is 73.5 Å². The molecule has 0 unspecified atom stereocenters. The Morgan fingerprint density at radius 2 is 1.77 bits per heavy atom. The summed E-state index contributed by atoms with van der Waals surface area (Å²) in [6.45, 7) is 6.80. The number of benzene rings is 1. The number of ether oxygens (including phenoxy) is 1. The molecule has 2 aromatic rings. The number of fused-ring (bicyclic) bond motifs is 1. The second-order valence-electron chi connectivity index (χ2n) is 6.82. The van der Waals surface area contributed by atoms with Crippen molar-refractivity contribution in [3.8, 4) is 0 Å². The minimum Gasteiger partial charge on any atom is -0.379 e. The van der Waals surface area contributed by atoms with Crippen LogP contribution in [0.3, 0.4) is 0 Å². The van der Waals surface area contributed by atoms with Crippen molar-refractivity contribution in [3.05, 3.63) is 30.0 Å². The van der Waals surface area contributed by atoms with Crippen LogP contribution in [0, 0.1) is 0 Å². The fourth-order valence-electron chi connectivity index (χ4n) is 3.66. The smallest absolute Gasteiger partial charge is 0.272 e. The molecule has 2 aliphatic rings. The Balaban J connectivity index is 1.48. The van der Waals surface area contributed by atoms with Crippen molar-refractivity contribution in [2.75, 3.05) is 57.4 Å². The molecule has 2 aliphatic heterocycles. The lowest BCUT2D eigenvalue weighted by atomic mass is 10.1. The van der Waals surface area contributed by atoms with Crippen LogP contribution in [0.2, 0.25) is 0 Å². The fourth-order valence-corrected chi connectivity index (χ4v) is 3.66. The Kier molecular flexibility index (Phi) is 5.26. The number of anilines is 1. The van der Waals surface area contributed by atoms with Crippen molar-refractivity contribution in [1.82, 2.24) is 20.4 Å². The number of morpholine rings is 1. The number of hydrogen-bond donors (Lipinski definition) is 1. The van der Waals surface area contributed by atoms with Crippen LogP contribution in [0.25, 0.3) is 10.8 Å². The fraction of sp³-hybridized carbons (Fsp3) is 0.526. The van der Waals surface area contributed by atoms with Crippen LogP contribution < -0.4 is 10.2 Å². The lowest BCUT2D eigenvalue weighted by molar-refractivity contribution is 0.0383. The van der Waals surface area contributed by atoms with Crippen LogP contribution >= 0.6 is 0 Å². The Labute approximate surface area is 153 Å². The van der Waals surface area contributed by atoms with Gasteiger partial charge in [0, 0.05) is 50.0 Å². The zero-order chi connectivity index (χ0) is 17.8. The standard InChI is InChI=1S/C19H25N5O2/c25-19(20-7-10-23-11-13-26-14-12-23)17-15-5-1-2-6-16(15)18(22-21-17)24-8-3-4-9-24/h1-2,5-6H,3-4,7-14H2,(H,20,25). The SMILES string of the molecule is O=C(NCCN1CCOCC1)c1nnc(N2CCCC2)c2ccccc12. The molecule has 1 amide bonds. The highest BCUT2D eigenvalue weighted by Gasteiger charge is 2.21. The number of amides is 1. The number of nitrogens with zero attached hydrogens (tertiary/aromatic N) is 4. The first-order valence-corrected chi connectivity index (χ1v) is 9.41. The Morgan fingerprint density at radius 3 is 2.54 bits per heavy atom. The van der Waals surface area contributed by atoms with E-state index in [1.165, 1.54) is 12.8 Å². The van der Waals surface area contributed by atoms with Crippen LogP contribution in [0.4, 0.5) is 5.82 Å². The largest absolute Gasteiger partial charge is 0.379 e. The number of aromatic nitrogens is 2.